The van der Waals surface area contributed by atoms with Crippen molar-refractivity contribution in [2.24, 2.45) is 5.41 Å². The molecule has 1 aliphatic heterocycles. The van der Waals surface area contributed by atoms with Crippen LogP contribution in [-0.2, 0) is 6.54 Å². The van der Waals surface area contributed by atoms with Crippen molar-refractivity contribution >= 4 is 11.2 Å². The molecule has 0 spiro atoms. The van der Waals surface area contributed by atoms with Crippen LogP contribution in [0.4, 0.5) is 0 Å². The Morgan fingerprint density at radius 3 is 2.95 bits per heavy atom. The van der Waals surface area contributed by atoms with Crippen LogP contribution >= 0.6 is 0 Å². The van der Waals surface area contributed by atoms with E-state index in [0.717, 1.165) is 30.8 Å². The zero-order valence-electron chi connectivity index (χ0n) is 12.7. The van der Waals surface area contributed by atoms with Crippen molar-refractivity contribution in [2.45, 2.75) is 46.1 Å². The van der Waals surface area contributed by atoms with Gasteiger partial charge in [-0.05, 0) is 36.9 Å². The van der Waals surface area contributed by atoms with Gasteiger partial charge in [-0.1, -0.05) is 20.8 Å². The fourth-order valence-corrected chi connectivity index (χ4v) is 2.99. The summed E-state index contributed by atoms with van der Waals surface area (Å²) in [5.74, 6) is 1.72. The van der Waals surface area contributed by atoms with Gasteiger partial charge in [-0.2, -0.15) is 0 Å². The van der Waals surface area contributed by atoms with Crippen LogP contribution in [-0.4, -0.2) is 27.6 Å². The number of nitrogens with one attached hydrogen (secondary N) is 1. The van der Waals surface area contributed by atoms with Crippen molar-refractivity contribution in [3.8, 4) is 0 Å². The van der Waals surface area contributed by atoms with Crippen molar-refractivity contribution in [3.05, 3.63) is 24.2 Å². The Balaban J connectivity index is 2.06. The molecule has 0 amide bonds. The van der Waals surface area contributed by atoms with Crippen molar-refractivity contribution in [1.82, 2.24) is 19.9 Å². The van der Waals surface area contributed by atoms with E-state index in [9.17, 15) is 0 Å². The Labute approximate surface area is 120 Å². The van der Waals surface area contributed by atoms with Crippen molar-refractivity contribution in [1.29, 1.82) is 0 Å². The minimum absolute atomic E-state index is 0.224. The molecule has 20 heavy (non-hydrogen) atoms. The van der Waals surface area contributed by atoms with E-state index >= 15 is 0 Å². The first-order valence-electron chi connectivity index (χ1n) is 7.56. The Bertz CT molecular complexity index is 588. The third-order valence-electron chi connectivity index (χ3n) is 3.83. The number of nitrogens with zero attached hydrogens (tertiary/aromatic N) is 3. The van der Waals surface area contributed by atoms with E-state index in [1.165, 1.54) is 18.7 Å². The molecule has 0 aromatic carbocycles. The lowest BCUT2D eigenvalue weighted by molar-refractivity contribution is 0.331. The van der Waals surface area contributed by atoms with E-state index in [0.29, 0.717) is 5.92 Å². The molecule has 1 aliphatic rings. The van der Waals surface area contributed by atoms with Crippen molar-refractivity contribution in [2.75, 3.05) is 13.1 Å². The van der Waals surface area contributed by atoms with E-state index in [2.05, 4.69) is 41.7 Å². The summed E-state index contributed by atoms with van der Waals surface area (Å²) < 4.78 is 2.34. The molecule has 2 aromatic rings. The number of piperidine rings is 1. The molecule has 3 heterocycles. The van der Waals surface area contributed by atoms with E-state index in [1.807, 2.05) is 12.3 Å². The van der Waals surface area contributed by atoms with Crippen LogP contribution in [0.1, 0.15) is 45.4 Å². The van der Waals surface area contributed by atoms with Gasteiger partial charge in [0.05, 0.1) is 0 Å². The van der Waals surface area contributed by atoms with Crippen LogP contribution in [0.3, 0.4) is 0 Å². The number of fused-ring (bicyclic) bond motifs is 1. The second-order valence-electron chi connectivity index (χ2n) is 7.01. The molecule has 0 aliphatic carbocycles. The Morgan fingerprint density at radius 2 is 2.25 bits per heavy atom. The van der Waals surface area contributed by atoms with Crippen LogP contribution in [0.2, 0.25) is 0 Å². The third-order valence-corrected chi connectivity index (χ3v) is 3.83. The monoisotopic (exact) mass is 272 g/mol. The number of hydrogen-bond acceptors (Lipinski definition) is 3. The zero-order chi connectivity index (χ0) is 14.2. The highest BCUT2D eigenvalue weighted by atomic mass is 15.1. The highest BCUT2D eigenvalue weighted by Crippen LogP contribution is 2.28. The lowest BCUT2D eigenvalue weighted by Crippen LogP contribution is -2.31. The molecule has 4 nitrogen and oxygen atoms in total. The van der Waals surface area contributed by atoms with E-state index in [-0.39, 0.29) is 5.41 Å². The third kappa shape index (κ3) is 2.70. The second-order valence-corrected chi connectivity index (χ2v) is 7.01. The normalized spacial score (nSPS) is 20.4. The van der Waals surface area contributed by atoms with Crippen LogP contribution in [0.15, 0.2) is 18.3 Å². The van der Waals surface area contributed by atoms with Gasteiger partial charge in [0.2, 0.25) is 0 Å². The van der Waals surface area contributed by atoms with E-state index < -0.39 is 0 Å². The minimum Gasteiger partial charge on any atom is -0.316 e. The van der Waals surface area contributed by atoms with Gasteiger partial charge in [0.15, 0.2) is 5.65 Å². The first-order chi connectivity index (χ1) is 9.54. The number of aromatic nitrogens is 3. The molecule has 108 valence electrons. The summed E-state index contributed by atoms with van der Waals surface area (Å²) in [6.45, 7) is 9.94. The quantitative estimate of drug-likeness (QED) is 0.914. The molecule has 0 radical (unpaired) electrons. The van der Waals surface area contributed by atoms with Crippen LogP contribution in [0.5, 0.6) is 0 Å². The van der Waals surface area contributed by atoms with Gasteiger partial charge >= 0.3 is 0 Å². The maximum atomic E-state index is 4.88. The smallest absolute Gasteiger partial charge is 0.160 e. The average Bonchev–Trinajstić information content (AvgIpc) is 2.77. The van der Waals surface area contributed by atoms with Gasteiger partial charge in [0.1, 0.15) is 11.3 Å². The second kappa shape index (κ2) is 5.17. The van der Waals surface area contributed by atoms with Gasteiger partial charge in [-0.25, -0.2) is 9.97 Å². The molecule has 4 heteroatoms. The Kier molecular flexibility index (Phi) is 3.50. The maximum absolute atomic E-state index is 4.88. The Hall–Kier alpha value is -1.42. The van der Waals surface area contributed by atoms with Gasteiger partial charge < -0.3 is 9.88 Å². The molecule has 0 bridgehead atoms. The average molecular weight is 272 g/mol. The molecule has 1 saturated heterocycles. The molecule has 1 fully saturated rings. The molecule has 1 unspecified atom stereocenters. The summed E-state index contributed by atoms with van der Waals surface area (Å²) in [4.78, 5) is 9.44. The van der Waals surface area contributed by atoms with Crippen molar-refractivity contribution < 1.29 is 0 Å². The molecule has 1 N–H and O–H groups in total. The van der Waals surface area contributed by atoms with Gasteiger partial charge in [0, 0.05) is 25.2 Å². The summed E-state index contributed by atoms with van der Waals surface area (Å²) in [5, 5.41) is 3.49. The van der Waals surface area contributed by atoms with Gasteiger partial charge in [-0.15, -0.1) is 0 Å². The molecule has 1 atom stereocenters. The lowest BCUT2D eigenvalue weighted by Gasteiger charge is -2.26. The van der Waals surface area contributed by atoms with Crippen LogP contribution in [0.25, 0.3) is 11.2 Å². The highest BCUT2D eigenvalue weighted by molar-refractivity contribution is 5.71. The van der Waals surface area contributed by atoms with Gasteiger partial charge in [-0.3, -0.25) is 0 Å². The largest absolute Gasteiger partial charge is 0.316 e. The summed E-state index contributed by atoms with van der Waals surface area (Å²) in [7, 11) is 0. The lowest BCUT2D eigenvalue weighted by atomic mass is 9.95. The minimum atomic E-state index is 0.224. The first kappa shape index (κ1) is 13.6. The summed E-state index contributed by atoms with van der Waals surface area (Å²) in [6, 6.07) is 4.04. The SMILES string of the molecule is CC(C)(C)Cn1c(C2CCCNC2)nc2cccnc21. The number of pyridine rings is 1. The summed E-state index contributed by atoms with van der Waals surface area (Å²) in [5.41, 5.74) is 2.28. The maximum Gasteiger partial charge on any atom is 0.160 e. The van der Waals surface area contributed by atoms with E-state index in [1.54, 1.807) is 0 Å². The van der Waals surface area contributed by atoms with Crippen LogP contribution in [0, 0.1) is 5.41 Å². The fraction of sp³-hybridized carbons (Fsp3) is 0.625. The van der Waals surface area contributed by atoms with Crippen LogP contribution < -0.4 is 5.32 Å². The molecule has 0 saturated carbocycles. The first-order valence-corrected chi connectivity index (χ1v) is 7.56. The standard InChI is InChI=1S/C16H24N4/c1-16(2,3)11-20-14(12-6-4-8-17-10-12)19-13-7-5-9-18-15(13)20/h5,7,9,12,17H,4,6,8,10-11H2,1-3H3. The number of imidazole rings is 1. The zero-order valence-corrected chi connectivity index (χ0v) is 12.7. The Morgan fingerprint density at radius 1 is 1.40 bits per heavy atom. The number of hydrogen-bond donors (Lipinski definition) is 1. The summed E-state index contributed by atoms with van der Waals surface area (Å²) >= 11 is 0. The predicted octanol–water partition coefficient (Wildman–Crippen LogP) is 2.94. The topological polar surface area (TPSA) is 42.7 Å². The van der Waals surface area contributed by atoms with Gasteiger partial charge in [0.25, 0.3) is 0 Å². The highest BCUT2D eigenvalue weighted by Gasteiger charge is 2.25. The molecular weight excluding hydrogens is 248 g/mol. The summed E-state index contributed by atoms with van der Waals surface area (Å²) in [6.07, 6.45) is 4.32. The predicted molar refractivity (Wildman–Crippen MR) is 81.8 cm³/mol. The molecule has 2 aromatic heterocycles. The van der Waals surface area contributed by atoms with Crippen molar-refractivity contribution in [3.63, 3.8) is 0 Å². The molecule has 3 rings (SSSR count). The molecular formula is C16H24N4. The fourth-order valence-electron chi connectivity index (χ4n) is 2.99. The number of rotatable bonds is 2. The van der Waals surface area contributed by atoms with E-state index in [4.69, 9.17) is 4.98 Å².